The number of unbranched alkanes of at least 4 members (excludes halogenated alkanes) is 48. The number of aliphatic hydroxyl groups excluding tert-OH is 8. The highest BCUT2D eigenvalue weighted by Gasteiger charge is 2.51. The molecule has 12 atom stereocenters. The van der Waals surface area contributed by atoms with E-state index in [-0.39, 0.29) is 12.5 Å². The number of hydrogen-bond acceptors (Lipinski definition) is 13. The van der Waals surface area contributed by atoms with Crippen LogP contribution in [0.15, 0.2) is 0 Å². The topological polar surface area (TPSA) is 228 Å². The molecule has 12 unspecified atom stereocenters. The third-order valence-corrected chi connectivity index (χ3v) is 18.3. The molecular weight excluding hydrogens is 1060 g/mol. The Morgan fingerprint density at radius 2 is 0.679 bits per heavy atom. The summed E-state index contributed by atoms with van der Waals surface area (Å²) in [6, 6.07) is -0.824. The van der Waals surface area contributed by atoms with Gasteiger partial charge in [-0.25, -0.2) is 0 Å². The van der Waals surface area contributed by atoms with E-state index < -0.39 is 86.8 Å². The van der Waals surface area contributed by atoms with E-state index in [0.717, 1.165) is 51.4 Å². The van der Waals surface area contributed by atoms with E-state index in [4.69, 9.17) is 18.9 Å². The number of rotatable bonds is 61. The standard InChI is InChI=1S/C70H137NO13/c1-3-5-7-9-11-13-15-17-19-21-23-25-27-29-30-32-34-36-38-40-42-44-46-48-50-52-54-62(75)71-58(57-81-69-67(80)65(78)68(61(56-73)83-69)84-70-66(79)64(77)63(76)60(55-72)82-70)59(74)53-51-49-47-45-43-41-39-37-35-33-31-28-26-24-22-20-18-16-14-12-10-8-6-4-2/h58-61,63-70,72-74,76-80H,3-57H2,1-2H3,(H,71,75). The molecule has 0 saturated carbocycles. The van der Waals surface area contributed by atoms with Crippen molar-refractivity contribution in [2.45, 2.75) is 421 Å². The van der Waals surface area contributed by atoms with Crippen molar-refractivity contribution < 1.29 is 64.6 Å². The van der Waals surface area contributed by atoms with Crippen LogP contribution in [0.5, 0.6) is 0 Å². The molecule has 500 valence electrons. The van der Waals surface area contributed by atoms with Crippen LogP contribution in [0.2, 0.25) is 0 Å². The summed E-state index contributed by atoms with van der Waals surface area (Å²) in [5.74, 6) is -0.196. The zero-order valence-electron chi connectivity index (χ0n) is 54.4. The SMILES string of the molecule is CCCCCCCCCCCCCCCCCCCCCCCCCCCCC(=O)NC(COC1OC(CO)C(OC2OC(CO)C(O)C(O)C2O)C(O)C1O)C(O)CCCCCCCCCCCCCCCCCCCCCCCCCC. The maximum atomic E-state index is 13.4. The molecule has 0 radical (unpaired) electrons. The quantitative estimate of drug-likeness (QED) is 0.0259. The maximum absolute atomic E-state index is 13.4. The fraction of sp³-hybridized carbons (Fsp3) is 0.986. The van der Waals surface area contributed by atoms with Crippen LogP contribution in [-0.4, -0.2) is 140 Å². The zero-order chi connectivity index (χ0) is 60.9. The minimum atomic E-state index is -1.78. The van der Waals surface area contributed by atoms with Gasteiger partial charge in [0.15, 0.2) is 12.6 Å². The second-order valence-electron chi connectivity index (χ2n) is 26.1. The molecule has 84 heavy (non-hydrogen) atoms. The molecule has 2 rings (SSSR count). The van der Waals surface area contributed by atoms with Crippen molar-refractivity contribution in [1.29, 1.82) is 0 Å². The summed E-state index contributed by atoms with van der Waals surface area (Å²) in [5, 5.41) is 87.7. The van der Waals surface area contributed by atoms with E-state index in [1.165, 1.54) is 270 Å². The van der Waals surface area contributed by atoms with Gasteiger partial charge < -0.3 is 65.1 Å². The van der Waals surface area contributed by atoms with Crippen molar-refractivity contribution in [3.8, 4) is 0 Å². The van der Waals surface area contributed by atoms with Crippen LogP contribution in [0.1, 0.15) is 348 Å². The average molecular weight is 1200 g/mol. The van der Waals surface area contributed by atoms with Gasteiger partial charge in [0.2, 0.25) is 5.91 Å². The first-order valence-electron chi connectivity index (χ1n) is 36.3. The molecule has 2 heterocycles. The van der Waals surface area contributed by atoms with Crippen LogP contribution in [0.4, 0.5) is 0 Å². The number of carbonyl (C=O) groups is 1. The molecule has 2 fully saturated rings. The molecule has 0 aromatic rings. The second-order valence-corrected chi connectivity index (χ2v) is 26.1. The number of nitrogens with one attached hydrogen (secondary N) is 1. The number of carbonyl (C=O) groups excluding carboxylic acids is 1. The Labute approximate surface area is 514 Å². The maximum Gasteiger partial charge on any atom is 0.220 e. The Morgan fingerprint density at radius 1 is 0.381 bits per heavy atom. The molecule has 14 nitrogen and oxygen atoms in total. The fourth-order valence-electron chi connectivity index (χ4n) is 12.5. The fourth-order valence-corrected chi connectivity index (χ4v) is 12.5. The van der Waals surface area contributed by atoms with Crippen LogP contribution >= 0.6 is 0 Å². The largest absolute Gasteiger partial charge is 0.394 e. The monoisotopic (exact) mass is 1200 g/mol. The number of ether oxygens (including phenoxy) is 4. The number of amides is 1. The second kappa shape index (κ2) is 56.0. The van der Waals surface area contributed by atoms with E-state index in [0.29, 0.717) is 12.8 Å². The van der Waals surface area contributed by atoms with E-state index in [9.17, 15) is 45.6 Å². The summed E-state index contributed by atoms with van der Waals surface area (Å²) >= 11 is 0. The first kappa shape index (κ1) is 79.1. The molecule has 0 aromatic heterocycles. The van der Waals surface area contributed by atoms with Crippen LogP contribution < -0.4 is 5.32 Å². The number of hydrogen-bond donors (Lipinski definition) is 9. The Hall–Kier alpha value is -1.01. The highest BCUT2D eigenvalue weighted by Crippen LogP contribution is 2.30. The molecule has 0 aromatic carbocycles. The normalized spacial score (nSPS) is 23.5. The molecule has 2 saturated heterocycles. The lowest BCUT2D eigenvalue weighted by molar-refractivity contribution is -0.359. The summed E-state index contributed by atoms with van der Waals surface area (Å²) in [6.07, 6.45) is 49.8. The first-order valence-corrected chi connectivity index (χ1v) is 36.3. The molecule has 2 aliphatic heterocycles. The van der Waals surface area contributed by atoms with Crippen LogP contribution in [-0.2, 0) is 23.7 Å². The van der Waals surface area contributed by atoms with Gasteiger partial charge in [-0.1, -0.05) is 328 Å². The van der Waals surface area contributed by atoms with Gasteiger partial charge in [0.1, 0.15) is 48.8 Å². The van der Waals surface area contributed by atoms with Gasteiger partial charge in [-0.05, 0) is 12.8 Å². The van der Waals surface area contributed by atoms with Crippen LogP contribution in [0.25, 0.3) is 0 Å². The van der Waals surface area contributed by atoms with Gasteiger partial charge in [0.25, 0.3) is 0 Å². The van der Waals surface area contributed by atoms with Gasteiger partial charge in [-0.2, -0.15) is 0 Å². The molecule has 2 aliphatic rings. The van der Waals surface area contributed by atoms with Crippen LogP contribution in [0.3, 0.4) is 0 Å². The average Bonchev–Trinajstić information content (AvgIpc) is 3.18. The highest BCUT2D eigenvalue weighted by atomic mass is 16.7. The van der Waals surface area contributed by atoms with Crippen LogP contribution in [0, 0.1) is 0 Å². The molecule has 0 aliphatic carbocycles. The summed E-state index contributed by atoms with van der Waals surface area (Å²) in [5.41, 5.74) is 0. The third kappa shape index (κ3) is 39.9. The van der Waals surface area contributed by atoms with Gasteiger partial charge in [-0.3, -0.25) is 4.79 Å². The molecule has 9 N–H and O–H groups in total. The molecular formula is C70H137NO13. The third-order valence-electron chi connectivity index (χ3n) is 18.3. The van der Waals surface area contributed by atoms with Gasteiger partial charge in [0.05, 0.1) is 32.0 Å². The zero-order valence-corrected chi connectivity index (χ0v) is 54.4. The van der Waals surface area contributed by atoms with Crippen molar-refractivity contribution in [3.63, 3.8) is 0 Å². The summed E-state index contributed by atoms with van der Waals surface area (Å²) in [6.45, 7) is 2.94. The smallest absolute Gasteiger partial charge is 0.220 e. The minimum absolute atomic E-state index is 0.196. The Bertz CT molecular complexity index is 1410. The van der Waals surface area contributed by atoms with Gasteiger partial charge >= 0.3 is 0 Å². The Morgan fingerprint density at radius 3 is 1.01 bits per heavy atom. The molecule has 0 spiro atoms. The van der Waals surface area contributed by atoms with Crippen molar-refractivity contribution in [2.24, 2.45) is 0 Å². The summed E-state index contributed by atoms with van der Waals surface area (Å²) in [4.78, 5) is 13.4. The lowest BCUT2D eigenvalue weighted by Gasteiger charge is -2.46. The Kier molecular flexibility index (Phi) is 52.7. The van der Waals surface area contributed by atoms with Crippen molar-refractivity contribution >= 4 is 5.91 Å². The highest BCUT2D eigenvalue weighted by molar-refractivity contribution is 5.76. The predicted octanol–water partition coefficient (Wildman–Crippen LogP) is 14.8. The predicted molar refractivity (Wildman–Crippen MR) is 342 cm³/mol. The summed E-state index contributed by atoms with van der Waals surface area (Å²) in [7, 11) is 0. The van der Waals surface area contributed by atoms with E-state index >= 15 is 0 Å². The van der Waals surface area contributed by atoms with E-state index in [1.54, 1.807) is 0 Å². The van der Waals surface area contributed by atoms with Gasteiger partial charge in [0, 0.05) is 6.42 Å². The minimum Gasteiger partial charge on any atom is -0.394 e. The first-order chi connectivity index (χ1) is 41.1. The molecule has 14 heteroatoms. The van der Waals surface area contributed by atoms with E-state index in [1.807, 2.05) is 0 Å². The van der Waals surface area contributed by atoms with Crippen molar-refractivity contribution in [2.75, 3.05) is 19.8 Å². The Balaban J connectivity index is 1.65. The van der Waals surface area contributed by atoms with E-state index in [2.05, 4.69) is 19.2 Å². The van der Waals surface area contributed by atoms with Gasteiger partial charge in [-0.15, -0.1) is 0 Å². The lowest BCUT2D eigenvalue weighted by atomic mass is 9.97. The van der Waals surface area contributed by atoms with Crippen molar-refractivity contribution in [3.05, 3.63) is 0 Å². The molecule has 0 bridgehead atoms. The summed E-state index contributed by atoms with van der Waals surface area (Å²) < 4.78 is 22.9. The number of aliphatic hydroxyl groups is 8. The molecule has 1 amide bonds. The van der Waals surface area contributed by atoms with Crippen molar-refractivity contribution in [1.82, 2.24) is 5.32 Å². The lowest BCUT2D eigenvalue weighted by Crippen LogP contribution is -2.65.